The van der Waals surface area contributed by atoms with E-state index in [9.17, 15) is 14.9 Å². The Balaban J connectivity index is 0.00000289. The molecular formula is C22H20ClN5O3S. The molecule has 0 saturated carbocycles. The van der Waals surface area contributed by atoms with Crippen molar-refractivity contribution >= 4 is 56.8 Å². The topological polar surface area (TPSA) is 94.2 Å². The lowest BCUT2D eigenvalue weighted by Crippen LogP contribution is -2.30. The van der Waals surface area contributed by atoms with Crippen molar-refractivity contribution in [3.8, 4) is 0 Å². The van der Waals surface area contributed by atoms with Crippen LogP contribution in [0.25, 0.3) is 16.3 Å². The molecule has 0 aliphatic heterocycles. The van der Waals surface area contributed by atoms with Gasteiger partial charge in [-0.1, -0.05) is 23.5 Å². The Morgan fingerprint density at radius 1 is 1.19 bits per heavy atom. The fourth-order valence-electron chi connectivity index (χ4n) is 3.07. The van der Waals surface area contributed by atoms with Gasteiger partial charge in [0, 0.05) is 43.7 Å². The van der Waals surface area contributed by atoms with Crippen LogP contribution in [0.1, 0.15) is 12.0 Å². The molecular weight excluding hydrogens is 450 g/mol. The Labute approximate surface area is 194 Å². The maximum atomic E-state index is 13.0. The van der Waals surface area contributed by atoms with Gasteiger partial charge in [0.1, 0.15) is 0 Å². The molecule has 2 aromatic heterocycles. The molecule has 0 fully saturated rings. The molecule has 1 amide bonds. The highest BCUT2D eigenvalue weighted by Crippen LogP contribution is 2.29. The minimum Gasteiger partial charge on any atom is -0.337 e. The summed E-state index contributed by atoms with van der Waals surface area (Å²) in [7, 11) is 0. The van der Waals surface area contributed by atoms with Gasteiger partial charge in [-0.2, -0.15) is 0 Å². The summed E-state index contributed by atoms with van der Waals surface area (Å²) >= 11 is 1.47. The zero-order chi connectivity index (χ0) is 21.6. The number of hydrogen-bond donors (Lipinski definition) is 0. The third kappa shape index (κ3) is 5.57. The molecule has 2 heterocycles. The van der Waals surface area contributed by atoms with Crippen molar-refractivity contribution in [2.75, 3.05) is 11.4 Å². The number of amides is 1. The van der Waals surface area contributed by atoms with Gasteiger partial charge in [0.15, 0.2) is 5.13 Å². The first-order valence-electron chi connectivity index (χ1n) is 9.65. The van der Waals surface area contributed by atoms with Gasteiger partial charge >= 0.3 is 0 Å². The zero-order valence-electron chi connectivity index (χ0n) is 16.9. The molecule has 4 aromatic rings. The number of hydrogen-bond acceptors (Lipinski definition) is 6. The van der Waals surface area contributed by atoms with Crippen LogP contribution in [0.15, 0.2) is 73.3 Å². The predicted octanol–water partition coefficient (Wildman–Crippen LogP) is 4.96. The van der Waals surface area contributed by atoms with E-state index in [4.69, 9.17) is 0 Å². The second-order valence-corrected chi connectivity index (χ2v) is 7.80. The van der Waals surface area contributed by atoms with E-state index in [1.165, 1.54) is 29.5 Å². The molecule has 0 saturated heterocycles. The van der Waals surface area contributed by atoms with Gasteiger partial charge in [-0.05, 0) is 42.3 Å². The number of nitro benzene ring substituents is 1. The summed E-state index contributed by atoms with van der Waals surface area (Å²) in [5.74, 6) is -0.192. The van der Waals surface area contributed by atoms with Crippen LogP contribution in [-0.2, 0) is 11.3 Å². The molecule has 0 radical (unpaired) electrons. The van der Waals surface area contributed by atoms with E-state index < -0.39 is 4.92 Å². The standard InChI is InChI=1S/C22H19N5O3S.ClH/c28-21(11-8-17-6-9-18(10-7-17)27(29)30)26(14-3-13-25-15-12-23-16-25)22-24-19-4-1-2-5-20(19)31-22;/h1-2,4-12,15-16H,3,13-14H2;1H/b11-8+;. The van der Waals surface area contributed by atoms with Crippen LogP contribution in [0.2, 0.25) is 0 Å². The maximum absolute atomic E-state index is 13.0. The Hall–Kier alpha value is -3.56. The normalized spacial score (nSPS) is 10.9. The Morgan fingerprint density at radius 3 is 2.66 bits per heavy atom. The number of aromatic nitrogens is 3. The monoisotopic (exact) mass is 469 g/mol. The summed E-state index contributed by atoms with van der Waals surface area (Å²) in [5, 5.41) is 11.4. The third-order valence-electron chi connectivity index (χ3n) is 4.66. The zero-order valence-corrected chi connectivity index (χ0v) is 18.5. The molecule has 32 heavy (non-hydrogen) atoms. The lowest BCUT2D eigenvalue weighted by atomic mass is 10.2. The van der Waals surface area contributed by atoms with Gasteiger partial charge in [0.25, 0.3) is 11.6 Å². The molecule has 0 aliphatic carbocycles. The Kier molecular flexibility index (Phi) is 7.69. The van der Waals surface area contributed by atoms with Gasteiger partial charge in [0.05, 0.1) is 21.5 Å². The number of aryl methyl sites for hydroxylation is 1. The van der Waals surface area contributed by atoms with Crippen LogP contribution < -0.4 is 4.90 Å². The Bertz CT molecular complexity index is 1190. The molecule has 2 aromatic carbocycles. The van der Waals surface area contributed by atoms with Crippen LogP contribution in [0.4, 0.5) is 10.8 Å². The van der Waals surface area contributed by atoms with Crippen LogP contribution >= 0.6 is 23.7 Å². The minimum atomic E-state index is -0.451. The number of rotatable bonds is 8. The lowest BCUT2D eigenvalue weighted by Gasteiger charge is -2.18. The SMILES string of the molecule is Cl.O=C(/C=C/c1ccc([N+](=O)[O-])cc1)N(CCCn1ccnc1)c1nc2ccccc2s1. The fraction of sp³-hybridized carbons (Fsp3) is 0.136. The van der Waals surface area contributed by atoms with Crippen molar-refractivity contribution in [1.82, 2.24) is 14.5 Å². The van der Waals surface area contributed by atoms with E-state index in [1.54, 1.807) is 35.6 Å². The molecule has 0 atom stereocenters. The summed E-state index contributed by atoms with van der Waals surface area (Å²) in [5.41, 5.74) is 1.58. The number of carbonyl (C=O) groups excluding carboxylic acids is 1. The number of nitro groups is 1. The third-order valence-corrected chi connectivity index (χ3v) is 5.72. The van der Waals surface area contributed by atoms with Gasteiger partial charge in [-0.3, -0.25) is 19.8 Å². The van der Waals surface area contributed by atoms with E-state index in [0.717, 1.165) is 23.2 Å². The number of thiazole rings is 1. The van der Waals surface area contributed by atoms with Crippen molar-refractivity contribution < 1.29 is 9.72 Å². The first-order valence-corrected chi connectivity index (χ1v) is 10.5. The second kappa shape index (κ2) is 10.7. The maximum Gasteiger partial charge on any atom is 0.269 e. The first-order chi connectivity index (χ1) is 15.1. The van der Waals surface area contributed by atoms with E-state index in [1.807, 2.05) is 35.0 Å². The predicted molar refractivity (Wildman–Crippen MR) is 128 cm³/mol. The number of fused-ring (bicyclic) bond motifs is 1. The van der Waals surface area contributed by atoms with Crippen molar-refractivity contribution in [2.24, 2.45) is 0 Å². The molecule has 10 heteroatoms. The molecule has 4 rings (SSSR count). The quantitative estimate of drug-likeness (QED) is 0.206. The number of imidazole rings is 1. The van der Waals surface area contributed by atoms with E-state index in [2.05, 4.69) is 9.97 Å². The summed E-state index contributed by atoms with van der Waals surface area (Å²) < 4.78 is 2.98. The molecule has 0 bridgehead atoms. The highest BCUT2D eigenvalue weighted by atomic mass is 35.5. The minimum absolute atomic E-state index is 0. The number of benzene rings is 2. The van der Waals surface area contributed by atoms with Crippen LogP contribution in [-0.4, -0.2) is 31.9 Å². The van der Waals surface area contributed by atoms with Gasteiger partial charge < -0.3 is 4.57 Å². The first kappa shape index (κ1) is 23.1. The van der Waals surface area contributed by atoms with Gasteiger partial charge in [-0.25, -0.2) is 9.97 Å². The number of halogens is 1. The van der Waals surface area contributed by atoms with Gasteiger partial charge in [0.2, 0.25) is 0 Å². The summed E-state index contributed by atoms with van der Waals surface area (Å²) in [6, 6.07) is 13.8. The van der Waals surface area contributed by atoms with Crippen molar-refractivity contribution in [3.05, 3.63) is 89.0 Å². The Morgan fingerprint density at radius 2 is 1.97 bits per heavy atom. The number of nitrogens with zero attached hydrogens (tertiary/aromatic N) is 5. The molecule has 164 valence electrons. The van der Waals surface area contributed by atoms with E-state index in [0.29, 0.717) is 17.2 Å². The fourth-order valence-corrected chi connectivity index (χ4v) is 4.07. The molecule has 0 N–H and O–H groups in total. The largest absolute Gasteiger partial charge is 0.337 e. The van der Waals surface area contributed by atoms with Gasteiger partial charge in [-0.15, -0.1) is 12.4 Å². The van der Waals surface area contributed by atoms with Crippen molar-refractivity contribution in [3.63, 3.8) is 0 Å². The molecule has 0 spiro atoms. The van der Waals surface area contributed by atoms with Crippen LogP contribution in [0.5, 0.6) is 0 Å². The average molecular weight is 470 g/mol. The highest BCUT2D eigenvalue weighted by Gasteiger charge is 2.17. The summed E-state index contributed by atoms with van der Waals surface area (Å²) in [6.45, 7) is 1.24. The smallest absolute Gasteiger partial charge is 0.269 e. The van der Waals surface area contributed by atoms with E-state index in [-0.39, 0.29) is 24.0 Å². The highest BCUT2D eigenvalue weighted by molar-refractivity contribution is 7.22. The number of non-ortho nitro benzene ring substituents is 1. The van der Waals surface area contributed by atoms with E-state index >= 15 is 0 Å². The number of carbonyl (C=O) groups is 1. The summed E-state index contributed by atoms with van der Waals surface area (Å²) in [6.07, 6.45) is 9.23. The second-order valence-electron chi connectivity index (χ2n) is 6.79. The lowest BCUT2D eigenvalue weighted by molar-refractivity contribution is -0.384. The average Bonchev–Trinajstić information content (AvgIpc) is 3.45. The number of para-hydroxylation sites is 1. The summed E-state index contributed by atoms with van der Waals surface area (Å²) in [4.78, 5) is 33.7. The molecule has 8 nitrogen and oxygen atoms in total. The van der Waals surface area contributed by atoms with Crippen molar-refractivity contribution in [1.29, 1.82) is 0 Å². The van der Waals surface area contributed by atoms with Crippen LogP contribution in [0.3, 0.4) is 0 Å². The van der Waals surface area contributed by atoms with Crippen LogP contribution in [0, 0.1) is 10.1 Å². The molecule has 0 aliphatic rings. The van der Waals surface area contributed by atoms with Crippen molar-refractivity contribution in [2.45, 2.75) is 13.0 Å². The molecule has 0 unspecified atom stereocenters. The number of anilines is 1.